The summed E-state index contributed by atoms with van der Waals surface area (Å²) in [6.07, 6.45) is 5.53. The largest absolute Gasteiger partial charge is 0.304 e. The lowest BCUT2D eigenvalue weighted by molar-refractivity contribution is -0.384. The summed E-state index contributed by atoms with van der Waals surface area (Å²) in [6.45, 7) is 0. The first-order valence-corrected chi connectivity index (χ1v) is 8.85. The number of fused-ring (bicyclic) bond motifs is 3. The Balaban J connectivity index is 1.71. The summed E-state index contributed by atoms with van der Waals surface area (Å²) in [6, 6.07) is 13.2. The number of hydrazone groups is 1. The molecule has 0 saturated carbocycles. The number of nitrogens with one attached hydrogen (secondary N) is 2. The molecule has 0 amide bonds. The molecular weight excluding hydrogens is 378 g/mol. The van der Waals surface area contributed by atoms with Crippen LogP contribution in [0.2, 0.25) is 0 Å². The van der Waals surface area contributed by atoms with E-state index in [1.165, 1.54) is 35.6 Å². The minimum atomic E-state index is -0.491. The predicted octanol–water partition coefficient (Wildman–Crippen LogP) is 3.50. The summed E-state index contributed by atoms with van der Waals surface area (Å²) in [7, 11) is 0. The molecule has 0 saturated heterocycles. The van der Waals surface area contributed by atoms with E-state index in [0.29, 0.717) is 15.9 Å². The van der Waals surface area contributed by atoms with Crippen molar-refractivity contribution >= 4 is 48.7 Å². The quantitative estimate of drug-likeness (QED) is 0.240. The SMILES string of the molecule is C#C/C(=N/Nc1ccc([N+](=O)[O-])cc1)c1nc2sc3ccccc3c2c(=O)[nH]1. The van der Waals surface area contributed by atoms with Crippen molar-refractivity contribution in [1.82, 2.24) is 9.97 Å². The Bertz CT molecular complexity index is 1350. The first-order chi connectivity index (χ1) is 13.6. The number of thiophene rings is 1. The standard InChI is InChI=1S/C19H11N5O3S/c1-2-14(23-22-11-7-9-12(10-8-11)24(26)27)17-20-18(25)16-13-5-3-4-6-15(13)28-19(16)21-17/h1,3-10,22H,(H,20,21,25)/b23-14-. The molecule has 0 fully saturated rings. The highest BCUT2D eigenvalue weighted by Gasteiger charge is 2.13. The van der Waals surface area contributed by atoms with Crippen LogP contribution in [0.1, 0.15) is 5.82 Å². The van der Waals surface area contributed by atoms with Gasteiger partial charge in [-0.05, 0) is 24.1 Å². The monoisotopic (exact) mass is 389 g/mol. The van der Waals surface area contributed by atoms with Crippen LogP contribution in [0.25, 0.3) is 20.3 Å². The van der Waals surface area contributed by atoms with Crippen molar-refractivity contribution in [1.29, 1.82) is 0 Å². The Labute approximate surface area is 161 Å². The molecule has 4 rings (SSSR count). The van der Waals surface area contributed by atoms with Crippen LogP contribution in [0, 0.1) is 22.5 Å². The highest BCUT2D eigenvalue weighted by Crippen LogP contribution is 2.29. The topological polar surface area (TPSA) is 113 Å². The van der Waals surface area contributed by atoms with E-state index < -0.39 is 4.92 Å². The van der Waals surface area contributed by atoms with Crippen LogP contribution in [0.3, 0.4) is 0 Å². The smallest absolute Gasteiger partial charge is 0.269 e. The molecule has 0 unspecified atom stereocenters. The van der Waals surface area contributed by atoms with E-state index in [1.807, 2.05) is 24.3 Å². The number of terminal acetylenes is 1. The van der Waals surface area contributed by atoms with Gasteiger partial charge in [0.2, 0.25) is 0 Å². The minimum Gasteiger partial charge on any atom is -0.304 e. The van der Waals surface area contributed by atoms with Gasteiger partial charge in [-0.3, -0.25) is 20.3 Å². The van der Waals surface area contributed by atoms with Crippen LogP contribution in [-0.2, 0) is 0 Å². The van der Waals surface area contributed by atoms with E-state index in [0.717, 1.165) is 10.1 Å². The molecule has 0 aliphatic rings. The van der Waals surface area contributed by atoms with Crippen LogP contribution < -0.4 is 11.0 Å². The van der Waals surface area contributed by atoms with Gasteiger partial charge in [-0.2, -0.15) is 5.10 Å². The molecule has 2 aromatic carbocycles. The van der Waals surface area contributed by atoms with Gasteiger partial charge < -0.3 is 4.98 Å². The number of non-ortho nitro benzene ring substituents is 1. The number of nitrogens with zero attached hydrogens (tertiary/aromatic N) is 3. The highest BCUT2D eigenvalue weighted by atomic mass is 32.1. The second-order valence-corrected chi connectivity index (χ2v) is 6.74. The number of nitro benzene ring substituents is 1. The van der Waals surface area contributed by atoms with E-state index in [1.54, 1.807) is 0 Å². The molecule has 0 spiro atoms. The summed E-state index contributed by atoms with van der Waals surface area (Å²) in [5.74, 6) is 2.56. The summed E-state index contributed by atoms with van der Waals surface area (Å²) in [5, 5.41) is 16.2. The molecular formula is C19H11N5O3S. The number of nitro groups is 1. The van der Waals surface area contributed by atoms with Crippen molar-refractivity contribution in [3.63, 3.8) is 0 Å². The van der Waals surface area contributed by atoms with E-state index in [-0.39, 0.29) is 22.8 Å². The van der Waals surface area contributed by atoms with E-state index >= 15 is 0 Å². The predicted molar refractivity (Wildman–Crippen MR) is 110 cm³/mol. The number of anilines is 1. The lowest BCUT2D eigenvalue weighted by atomic mass is 10.2. The molecule has 0 radical (unpaired) electrons. The Morgan fingerprint density at radius 3 is 2.71 bits per heavy atom. The van der Waals surface area contributed by atoms with Crippen molar-refractivity contribution in [2.75, 3.05) is 5.43 Å². The maximum absolute atomic E-state index is 12.6. The molecule has 8 nitrogen and oxygen atoms in total. The zero-order valence-corrected chi connectivity index (χ0v) is 15.0. The minimum absolute atomic E-state index is 0.0343. The molecule has 0 aliphatic carbocycles. The molecule has 136 valence electrons. The van der Waals surface area contributed by atoms with Crippen LogP contribution in [0.5, 0.6) is 0 Å². The molecule has 0 atom stereocenters. The molecule has 28 heavy (non-hydrogen) atoms. The fourth-order valence-electron chi connectivity index (χ4n) is 2.67. The number of hydrogen-bond acceptors (Lipinski definition) is 7. The van der Waals surface area contributed by atoms with Gasteiger partial charge in [0.1, 0.15) is 4.83 Å². The number of aromatic amines is 1. The van der Waals surface area contributed by atoms with Gasteiger partial charge in [-0.1, -0.05) is 18.2 Å². The number of rotatable bonds is 4. The Morgan fingerprint density at radius 2 is 2.00 bits per heavy atom. The van der Waals surface area contributed by atoms with Crippen molar-refractivity contribution < 1.29 is 4.92 Å². The fraction of sp³-hybridized carbons (Fsp3) is 0. The van der Waals surface area contributed by atoms with E-state index in [4.69, 9.17) is 6.42 Å². The van der Waals surface area contributed by atoms with Gasteiger partial charge >= 0.3 is 0 Å². The normalized spacial score (nSPS) is 11.5. The summed E-state index contributed by atoms with van der Waals surface area (Å²) in [5.41, 5.74) is 3.00. The van der Waals surface area contributed by atoms with Crippen LogP contribution in [0.4, 0.5) is 11.4 Å². The van der Waals surface area contributed by atoms with Crippen LogP contribution in [0.15, 0.2) is 58.4 Å². The van der Waals surface area contributed by atoms with E-state index in [2.05, 4.69) is 26.4 Å². The third kappa shape index (κ3) is 3.08. The molecule has 4 aromatic rings. The Morgan fingerprint density at radius 1 is 1.25 bits per heavy atom. The van der Waals surface area contributed by atoms with Gasteiger partial charge in [0.25, 0.3) is 11.2 Å². The zero-order chi connectivity index (χ0) is 19.7. The van der Waals surface area contributed by atoms with Crippen LogP contribution in [-0.4, -0.2) is 20.6 Å². The van der Waals surface area contributed by atoms with Gasteiger partial charge in [0, 0.05) is 22.2 Å². The third-order valence-corrected chi connectivity index (χ3v) is 5.05. The van der Waals surface area contributed by atoms with Crippen LogP contribution >= 0.6 is 11.3 Å². The van der Waals surface area contributed by atoms with Gasteiger partial charge in [-0.15, -0.1) is 17.8 Å². The average Bonchev–Trinajstić information content (AvgIpc) is 3.07. The van der Waals surface area contributed by atoms with Crippen molar-refractivity contribution in [2.24, 2.45) is 5.10 Å². The second kappa shape index (κ2) is 6.94. The fourth-order valence-corrected chi connectivity index (χ4v) is 3.75. The van der Waals surface area contributed by atoms with Gasteiger partial charge in [-0.25, -0.2) is 4.98 Å². The van der Waals surface area contributed by atoms with Crippen molar-refractivity contribution in [2.45, 2.75) is 0 Å². The van der Waals surface area contributed by atoms with Crippen molar-refractivity contribution in [3.05, 3.63) is 74.8 Å². The number of aromatic nitrogens is 2. The number of benzene rings is 2. The second-order valence-electron chi connectivity index (χ2n) is 5.71. The average molecular weight is 389 g/mol. The molecule has 2 N–H and O–H groups in total. The highest BCUT2D eigenvalue weighted by molar-refractivity contribution is 7.25. The Kier molecular flexibility index (Phi) is 4.31. The maximum Gasteiger partial charge on any atom is 0.269 e. The molecule has 2 heterocycles. The molecule has 0 bridgehead atoms. The molecule has 2 aromatic heterocycles. The summed E-state index contributed by atoms with van der Waals surface area (Å²) in [4.78, 5) is 30.5. The number of hydrogen-bond donors (Lipinski definition) is 2. The first-order valence-electron chi connectivity index (χ1n) is 8.03. The first kappa shape index (κ1) is 17.4. The maximum atomic E-state index is 12.6. The Hall–Kier alpha value is -4.03. The number of H-pyrrole nitrogens is 1. The van der Waals surface area contributed by atoms with E-state index in [9.17, 15) is 14.9 Å². The van der Waals surface area contributed by atoms with Crippen molar-refractivity contribution in [3.8, 4) is 12.3 Å². The summed E-state index contributed by atoms with van der Waals surface area (Å²) < 4.78 is 0.954. The lowest BCUT2D eigenvalue weighted by Crippen LogP contribution is -2.15. The zero-order valence-electron chi connectivity index (χ0n) is 14.2. The molecule has 0 aliphatic heterocycles. The summed E-state index contributed by atoms with van der Waals surface area (Å²) >= 11 is 1.40. The third-order valence-electron chi connectivity index (χ3n) is 3.99. The lowest BCUT2D eigenvalue weighted by Gasteiger charge is -2.02. The molecule has 9 heteroatoms. The van der Waals surface area contributed by atoms with Gasteiger partial charge in [0.15, 0.2) is 11.5 Å². The van der Waals surface area contributed by atoms with Gasteiger partial charge in [0.05, 0.1) is 16.0 Å².